The van der Waals surface area contributed by atoms with Gasteiger partial charge >= 0.3 is 5.97 Å². The maximum atomic E-state index is 15.3. The van der Waals surface area contributed by atoms with Crippen molar-refractivity contribution in [2.24, 2.45) is 29.6 Å². The molecule has 2 aliphatic rings. The van der Waals surface area contributed by atoms with E-state index in [1.807, 2.05) is 20.8 Å². The maximum absolute atomic E-state index is 15.3. The monoisotopic (exact) mass is 1120 g/mol. The van der Waals surface area contributed by atoms with Crippen molar-refractivity contribution in [1.29, 1.82) is 0 Å². The van der Waals surface area contributed by atoms with Crippen molar-refractivity contribution in [3.8, 4) is 5.75 Å². The van der Waals surface area contributed by atoms with Crippen LogP contribution in [0.4, 0.5) is 0 Å². The molecule has 0 aromatic heterocycles. The van der Waals surface area contributed by atoms with E-state index in [0.717, 1.165) is 4.90 Å². The maximum Gasteiger partial charge on any atom is 0.332 e. The highest BCUT2D eigenvalue weighted by Gasteiger charge is 2.48. The number of benzene rings is 2. The lowest BCUT2D eigenvalue weighted by Gasteiger charge is -2.39. The van der Waals surface area contributed by atoms with Gasteiger partial charge < -0.3 is 55.4 Å². The fourth-order valence-corrected chi connectivity index (χ4v) is 11.0. The SMILES string of the molecule is CC[C@H](C)[C@@H]1NC(=O)[C@@H]2CCCN2C(=O)[C@H](Cc2ccc(O)cc2)N(C)C(=O)[C@@H](Cc2ccccc2)NC(=O)[C@H](C(C)C)N(C)C(=O)[C@H]([C@@H](C)CC)OC(=O)[C@H](C(C)(C)O)N(C)C(=O)[C@@H](CC(C)C)NC(=O)[C@@H](C(C)C)N(C)C1=O. The summed E-state index contributed by atoms with van der Waals surface area (Å²) >= 11 is 0. The van der Waals surface area contributed by atoms with Gasteiger partial charge in [0.2, 0.25) is 41.4 Å². The number of nitrogens with zero attached hydrogens (tertiary/aromatic N) is 5. The number of aliphatic hydroxyl groups is 1. The summed E-state index contributed by atoms with van der Waals surface area (Å²) < 4.78 is 6.09. The number of hydrogen-bond acceptors (Lipinski definition) is 12. The van der Waals surface area contributed by atoms with Crippen LogP contribution in [0.5, 0.6) is 5.75 Å². The van der Waals surface area contributed by atoms with Crippen LogP contribution in [0.3, 0.4) is 0 Å². The molecule has 2 heterocycles. The second-order valence-corrected chi connectivity index (χ2v) is 23.9. The molecule has 2 aromatic carbocycles. The number of cyclic esters (lactones) is 1. The normalized spacial score (nSPS) is 26.3. The van der Waals surface area contributed by atoms with E-state index in [0.29, 0.717) is 30.4 Å². The summed E-state index contributed by atoms with van der Waals surface area (Å²) in [6.07, 6.45) is -0.170. The van der Waals surface area contributed by atoms with Gasteiger partial charge in [-0.25, -0.2) is 4.79 Å². The van der Waals surface area contributed by atoms with E-state index in [2.05, 4.69) is 16.0 Å². The smallest absolute Gasteiger partial charge is 0.332 e. The third-order valence-electron chi connectivity index (χ3n) is 15.9. The Morgan fingerprint density at radius 2 is 1.11 bits per heavy atom. The number of phenols is 1. The summed E-state index contributed by atoms with van der Waals surface area (Å²) in [5, 5.41) is 30.6. The van der Waals surface area contributed by atoms with Crippen molar-refractivity contribution >= 4 is 53.2 Å². The third-order valence-corrected chi connectivity index (χ3v) is 15.9. The molecule has 0 unspecified atom stereocenters. The first-order chi connectivity index (χ1) is 37.4. The molecule has 20 heteroatoms. The van der Waals surface area contributed by atoms with E-state index in [1.54, 1.807) is 90.9 Å². The van der Waals surface area contributed by atoms with E-state index in [9.17, 15) is 43.8 Å². The molecule has 2 aromatic rings. The number of likely N-dealkylation sites (N-methyl/N-ethyl adjacent to an activating group) is 4. The molecule has 0 bridgehead atoms. The average molecular weight is 1120 g/mol. The summed E-state index contributed by atoms with van der Waals surface area (Å²) in [6.45, 7) is 20.5. The minimum Gasteiger partial charge on any atom is -0.508 e. The number of nitrogens with one attached hydrogen (secondary N) is 3. The number of esters is 1. The topological polar surface area (TPSA) is 256 Å². The average Bonchev–Trinajstić information content (AvgIpc) is 3.90. The zero-order valence-electron chi connectivity index (χ0n) is 50.1. The quantitative estimate of drug-likeness (QED) is 0.178. The molecule has 2 aliphatic heterocycles. The number of phenolic OH excluding ortho intramolecular Hbond substituents is 1. The Labute approximate surface area is 474 Å². The Kier molecular flexibility index (Phi) is 23.7. The molecule has 0 aliphatic carbocycles. The Balaban J connectivity index is 1.98. The van der Waals surface area contributed by atoms with Crippen LogP contribution in [0.15, 0.2) is 54.6 Å². The van der Waals surface area contributed by atoms with Gasteiger partial charge in [0.05, 0.1) is 5.60 Å². The van der Waals surface area contributed by atoms with Crippen LogP contribution in [0, 0.1) is 29.6 Å². The molecule has 0 spiro atoms. The minimum atomic E-state index is -1.98. The number of rotatable bonds is 13. The van der Waals surface area contributed by atoms with Crippen LogP contribution in [0.1, 0.15) is 126 Å². The lowest BCUT2D eigenvalue weighted by molar-refractivity contribution is -0.177. The van der Waals surface area contributed by atoms with Crippen molar-refractivity contribution < 1.29 is 58.1 Å². The van der Waals surface area contributed by atoms with Crippen LogP contribution in [0.2, 0.25) is 0 Å². The highest BCUT2D eigenvalue weighted by atomic mass is 16.6. The van der Waals surface area contributed by atoms with E-state index in [4.69, 9.17) is 4.74 Å². The molecule has 0 saturated carbocycles. The number of aromatic hydroxyl groups is 1. The zero-order chi connectivity index (χ0) is 60.2. The first-order valence-electron chi connectivity index (χ1n) is 28.4. The molecule has 0 radical (unpaired) electrons. The molecule has 4 rings (SSSR count). The van der Waals surface area contributed by atoms with Gasteiger partial charge in [-0.1, -0.05) is 118 Å². The molecular weight excluding hydrogens is 1020 g/mol. The van der Waals surface area contributed by atoms with E-state index < -0.39 is 137 Å². The van der Waals surface area contributed by atoms with Gasteiger partial charge in [-0.15, -0.1) is 0 Å². The Morgan fingerprint density at radius 1 is 0.600 bits per heavy atom. The number of carbonyl (C=O) groups excluding carboxylic acids is 9. The minimum absolute atomic E-state index is 0.0220. The van der Waals surface area contributed by atoms with Gasteiger partial charge in [0.25, 0.3) is 5.91 Å². The summed E-state index contributed by atoms with van der Waals surface area (Å²) in [7, 11) is 5.59. The summed E-state index contributed by atoms with van der Waals surface area (Å²) in [4.78, 5) is 140. The largest absolute Gasteiger partial charge is 0.508 e. The van der Waals surface area contributed by atoms with Crippen molar-refractivity contribution in [3.05, 3.63) is 65.7 Å². The summed E-state index contributed by atoms with van der Waals surface area (Å²) in [5.74, 6) is -9.00. The molecule has 2 saturated heterocycles. The van der Waals surface area contributed by atoms with Crippen molar-refractivity contribution in [1.82, 2.24) is 40.4 Å². The first-order valence-corrected chi connectivity index (χ1v) is 28.4. The second-order valence-electron chi connectivity index (χ2n) is 23.9. The summed E-state index contributed by atoms with van der Waals surface area (Å²) in [5.41, 5.74) is -0.742. The van der Waals surface area contributed by atoms with E-state index in [-0.39, 0.29) is 43.9 Å². The van der Waals surface area contributed by atoms with Gasteiger partial charge in [-0.3, -0.25) is 38.4 Å². The second kappa shape index (κ2) is 28.7. The summed E-state index contributed by atoms with van der Waals surface area (Å²) in [6, 6.07) is 4.77. The lowest BCUT2D eigenvalue weighted by atomic mass is 9.93. The van der Waals surface area contributed by atoms with Crippen molar-refractivity contribution in [2.45, 2.75) is 188 Å². The Hall–Kier alpha value is -6.57. The lowest BCUT2D eigenvalue weighted by Crippen LogP contribution is -2.63. The Bertz CT molecular complexity index is 2480. The predicted octanol–water partition coefficient (Wildman–Crippen LogP) is 4.08. The van der Waals surface area contributed by atoms with Crippen molar-refractivity contribution in [3.63, 3.8) is 0 Å². The number of carbonyl (C=O) groups is 9. The van der Waals surface area contributed by atoms with Crippen LogP contribution in [-0.2, 0) is 60.7 Å². The van der Waals surface area contributed by atoms with Gasteiger partial charge in [0.1, 0.15) is 48.0 Å². The number of ether oxygens (including phenoxy) is 1. The molecule has 20 nitrogen and oxygen atoms in total. The van der Waals surface area contributed by atoms with Gasteiger partial charge in [0.15, 0.2) is 12.1 Å². The molecule has 5 N–H and O–H groups in total. The number of fused-ring (bicyclic) bond motifs is 1. The standard InChI is InChI=1S/C60H92N8O12/c1-17-37(9)46-57(76)65(14)47(35(5)6)52(71)61-42(31-34(3)4)55(74)67(16)50(60(11,12)79)59(78)80-49(38(10)18-2)58(77)66(15)48(36(7)8)53(72)62-43(32-39-23-20-19-21-24-39)54(73)64(13)45(33-40-26-28-41(69)29-27-40)56(75)68-30-22-25-44(68)51(70)63-46/h19-21,23-24,26-29,34-38,42-50,69,79H,17-18,22,25,30-33H2,1-16H3,(H,61,71)(H,62,72)(H,63,70)/t37-,38-,42+,43+,44-,45-,46-,47+,48-,49-,50+/m0/s1. The predicted molar refractivity (Wildman–Crippen MR) is 303 cm³/mol. The van der Waals surface area contributed by atoms with Gasteiger partial charge in [-0.2, -0.15) is 0 Å². The van der Waals surface area contributed by atoms with Crippen LogP contribution < -0.4 is 16.0 Å². The van der Waals surface area contributed by atoms with Crippen LogP contribution >= 0.6 is 0 Å². The third kappa shape index (κ3) is 16.3. The van der Waals surface area contributed by atoms with Gasteiger partial charge in [-0.05, 0) is 86.5 Å². The zero-order valence-corrected chi connectivity index (χ0v) is 50.1. The highest BCUT2D eigenvalue weighted by Crippen LogP contribution is 2.28. The number of amides is 8. The van der Waals surface area contributed by atoms with Crippen LogP contribution in [0.25, 0.3) is 0 Å². The van der Waals surface area contributed by atoms with Gasteiger partial charge in [0, 0.05) is 53.5 Å². The molecule has 2 fully saturated rings. The fraction of sp³-hybridized carbons (Fsp3) is 0.650. The first kappa shape index (κ1) is 65.9. The van der Waals surface area contributed by atoms with E-state index >= 15 is 9.59 Å². The van der Waals surface area contributed by atoms with E-state index in [1.165, 1.54) is 73.8 Å². The van der Waals surface area contributed by atoms with Crippen LogP contribution in [-0.4, -0.2) is 183 Å². The molecule has 80 heavy (non-hydrogen) atoms. The fourth-order valence-electron chi connectivity index (χ4n) is 11.0. The number of hydrogen-bond donors (Lipinski definition) is 5. The molecule has 11 atom stereocenters. The molecular formula is C60H92N8O12. The molecule has 444 valence electrons. The Morgan fingerprint density at radius 3 is 1.62 bits per heavy atom. The van der Waals surface area contributed by atoms with Crippen molar-refractivity contribution in [2.75, 3.05) is 34.7 Å². The highest BCUT2D eigenvalue weighted by molar-refractivity contribution is 5.99. The molecule has 8 amide bonds.